The Hall–Kier alpha value is -1.98. The summed E-state index contributed by atoms with van der Waals surface area (Å²) in [5.41, 5.74) is 0.102. The van der Waals surface area contributed by atoms with Crippen LogP contribution in [0.25, 0.3) is 11.1 Å². The van der Waals surface area contributed by atoms with Crippen molar-refractivity contribution in [3.05, 3.63) is 48.0 Å². The van der Waals surface area contributed by atoms with Gasteiger partial charge in [-0.2, -0.15) is 0 Å². The molecule has 0 spiro atoms. The van der Waals surface area contributed by atoms with Crippen LogP contribution < -0.4 is 0 Å². The van der Waals surface area contributed by atoms with Crippen molar-refractivity contribution in [3.63, 3.8) is 0 Å². The lowest BCUT2D eigenvalue weighted by Crippen LogP contribution is -1.92. The Balaban J connectivity index is 2.42. The molecule has 0 N–H and O–H groups in total. The Morgan fingerprint density at radius 2 is 1.67 bits per heavy atom. The fourth-order valence-corrected chi connectivity index (χ4v) is 1.48. The maximum Gasteiger partial charge on any atom is 0.280 e. The fraction of sp³-hybridized carbons (Fsp3) is 0.167. The number of hydrogen-bond donors (Lipinski definition) is 0. The van der Waals surface area contributed by atoms with Crippen LogP contribution in [0, 0.1) is 0 Å². The first-order chi connectivity index (χ1) is 8.58. The fourth-order valence-electron chi connectivity index (χ4n) is 1.48. The van der Waals surface area contributed by atoms with Crippen molar-refractivity contribution in [2.75, 3.05) is 0 Å². The maximum atomic E-state index is 12.5. The van der Waals surface area contributed by atoms with E-state index >= 15 is 0 Å². The predicted molar refractivity (Wildman–Crippen MR) is 57.4 cm³/mol. The average molecular weight is 256 g/mol. The largest absolute Gasteiger partial charge is 0.280 e. The van der Waals surface area contributed by atoms with Crippen molar-refractivity contribution in [2.24, 2.45) is 0 Å². The van der Waals surface area contributed by atoms with E-state index in [0.717, 1.165) is 12.3 Å². The molecule has 2 aromatic heterocycles. The summed E-state index contributed by atoms with van der Waals surface area (Å²) in [4.78, 5) is 7.17. The topological polar surface area (TPSA) is 25.8 Å². The summed E-state index contributed by atoms with van der Waals surface area (Å²) < 4.78 is 49.9. The molecular formula is C12H8F4N2. The summed E-state index contributed by atoms with van der Waals surface area (Å²) in [6, 6.07) is 3.86. The van der Waals surface area contributed by atoms with E-state index in [1.54, 1.807) is 0 Å². The highest BCUT2D eigenvalue weighted by atomic mass is 19.3. The second-order valence-electron chi connectivity index (χ2n) is 3.58. The van der Waals surface area contributed by atoms with E-state index in [-0.39, 0.29) is 5.56 Å². The van der Waals surface area contributed by atoms with Gasteiger partial charge in [0.2, 0.25) is 0 Å². The molecule has 0 unspecified atom stereocenters. The molecule has 6 heteroatoms. The Morgan fingerprint density at radius 1 is 0.889 bits per heavy atom. The van der Waals surface area contributed by atoms with Crippen molar-refractivity contribution < 1.29 is 17.6 Å². The van der Waals surface area contributed by atoms with E-state index in [1.165, 1.54) is 24.5 Å². The monoisotopic (exact) mass is 256 g/mol. The zero-order valence-electron chi connectivity index (χ0n) is 9.03. The Morgan fingerprint density at radius 3 is 2.33 bits per heavy atom. The first-order valence-corrected chi connectivity index (χ1v) is 5.05. The van der Waals surface area contributed by atoms with Crippen molar-refractivity contribution in [1.82, 2.24) is 9.97 Å². The molecule has 0 saturated carbocycles. The number of rotatable bonds is 3. The van der Waals surface area contributed by atoms with Gasteiger partial charge >= 0.3 is 0 Å². The van der Waals surface area contributed by atoms with Crippen molar-refractivity contribution in [3.8, 4) is 11.1 Å². The summed E-state index contributed by atoms with van der Waals surface area (Å²) in [5, 5.41) is 0. The van der Waals surface area contributed by atoms with E-state index in [0.29, 0.717) is 11.1 Å². The number of aromatic nitrogens is 2. The SMILES string of the molecule is FC(F)c1cncc(-c2ccnc(C(F)F)c2)c1. The maximum absolute atomic E-state index is 12.5. The van der Waals surface area contributed by atoms with Crippen molar-refractivity contribution >= 4 is 0 Å². The van der Waals surface area contributed by atoms with E-state index in [4.69, 9.17) is 0 Å². The zero-order chi connectivity index (χ0) is 13.1. The molecule has 18 heavy (non-hydrogen) atoms. The van der Waals surface area contributed by atoms with Gasteiger partial charge in [0.1, 0.15) is 5.69 Å². The summed E-state index contributed by atoms with van der Waals surface area (Å²) >= 11 is 0. The quantitative estimate of drug-likeness (QED) is 0.775. The van der Waals surface area contributed by atoms with E-state index in [1.807, 2.05) is 0 Å². The van der Waals surface area contributed by atoms with E-state index in [9.17, 15) is 17.6 Å². The molecule has 2 nitrogen and oxygen atoms in total. The average Bonchev–Trinajstić information content (AvgIpc) is 2.39. The van der Waals surface area contributed by atoms with Crippen LogP contribution in [-0.2, 0) is 0 Å². The number of nitrogens with zero attached hydrogens (tertiary/aromatic N) is 2. The molecule has 2 heterocycles. The standard InChI is InChI=1S/C12H8F4N2/c13-11(14)9-3-8(5-17-6-9)7-1-2-18-10(4-7)12(15)16/h1-6,11-12H. The first-order valence-electron chi connectivity index (χ1n) is 5.05. The minimum Gasteiger partial charge on any atom is -0.264 e. The molecule has 2 aromatic rings. The predicted octanol–water partition coefficient (Wildman–Crippen LogP) is 4.02. The molecule has 0 aromatic carbocycles. The summed E-state index contributed by atoms with van der Waals surface area (Å²) in [6.07, 6.45) is -1.74. The second-order valence-corrected chi connectivity index (χ2v) is 3.58. The van der Waals surface area contributed by atoms with Gasteiger partial charge in [-0.25, -0.2) is 17.6 Å². The number of pyridine rings is 2. The van der Waals surface area contributed by atoms with Gasteiger partial charge in [0.15, 0.2) is 0 Å². The molecule has 0 aliphatic heterocycles. The van der Waals surface area contributed by atoms with E-state index in [2.05, 4.69) is 9.97 Å². The third kappa shape index (κ3) is 2.64. The number of alkyl halides is 4. The Bertz CT molecular complexity index is 494. The summed E-state index contributed by atoms with van der Waals surface area (Å²) in [5.74, 6) is 0. The van der Waals surface area contributed by atoms with Crippen LogP contribution >= 0.6 is 0 Å². The molecule has 0 radical (unpaired) electrons. The van der Waals surface area contributed by atoms with Gasteiger partial charge in [-0.15, -0.1) is 0 Å². The van der Waals surface area contributed by atoms with Gasteiger partial charge in [0.05, 0.1) is 0 Å². The molecule has 0 bridgehead atoms. The highest BCUT2D eigenvalue weighted by Gasteiger charge is 2.12. The van der Waals surface area contributed by atoms with E-state index < -0.39 is 18.5 Å². The van der Waals surface area contributed by atoms with Crippen LogP contribution in [0.1, 0.15) is 24.1 Å². The third-order valence-electron chi connectivity index (χ3n) is 2.35. The molecule has 94 valence electrons. The smallest absolute Gasteiger partial charge is 0.264 e. The van der Waals surface area contributed by atoms with Crippen molar-refractivity contribution in [2.45, 2.75) is 12.9 Å². The summed E-state index contributed by atoms with van der Waals surface area (Å²) in [7, 11) is 0. The van der Waals surface area contributed by atoms with Crippen LogP contribution in [0.2, 0.25) is 0 Å². The van der Waals surface area contributed by atoms with Crippen LogP contribution in [0.4, 0.5) is 17.6 Å². The Kier molecular flexibility index (Phi) is 3.55. The number of halogens is 4. The van der Waals surface area contributed by atoms with Crippen LogP contribution in [0.15, 0.2) is 36.8 Å². The number of hydrogen-bond acceptors (Lipinski definition) is 2. The van der Waals surface area contributed by atoms with Gasteiger partial charge in [-0.3, -0.25) is 9.97 Å². The highest BCUT2D eigenvalue weighted by molar-refractivity contribution is 5.63. The highest BCUT2D eigenvalue weighted by Crippen LogP contribution is 2.26. The summed E-state index contributed by atoms with van der Waals surface area (Å²) in [6.45, 7) is 0. The lowest BCUT2D eigenvalue weighted by molar-refractivity contribution is 0.146. The second kappa shape index (κ2) is 5.12. The van der Waals surface area contributed by atoms with Gasteiger partial charge in [-0.05, 0) is 23.8 Å². The minimum absolute atomic E-state index is 0.247. The first kappa shape index (κ1) is 12.5. The van der Waals surface area contributed by atoms with Crippen LogP contribution in [0.5, 0.6) is 0 Å². The molecule has 0 amide bonds. The zero-order valence-corrected chi connectivity index (χ0v) is 9.03. The van der Waals surface area contributed by atoms with Crippen LogP contribution in [0.3, 0.4) is 0 Å². The molecule has 0 atom stereocenters. The van der Waals surface area contributed by atoms with Gasteiger partial charge in [0, 0.05) is 29.7 Å². The lowest BCUT2D eigenvalue weighted by Gasteiger charge is -2.05. The van der Waals surface area contributed by atoms with Gasteiger partial charge < -0.3 is 0 Å². The van der Waals surface area contributed by atoms with Gasteiger partial charge in [0.25, 0.3) is 12.9 Å². The molecular weight excluding hydrogens is 248 g/mol. The molecule has 2 rings (SSSR count). The van der Waals surface area contributed by atoms with Gasteiger partial charge in [-0.1, -0.05) is 0 Å². The molecule has 0 aliphatic rings. The normalized spacial score (nSPS) is 11.2. The third-order valence-corrected chi connectivity index (χ3v) is 2.35. The van der Waals surface area contributed by atoms with Crippen LogP contribution in [-0.4, -0.2) is 9.97 Å². The molecule has 0 saturated heterocycles. The lowest BCUT2D eigenvalue weighted by atomic mass is 10.1. The molecule has 0 aliphatic carbocycles. The minimum atomic E-state index is -2.70. The molecule has 0 fully saturated rings. The van der Waals surface area contributed by atoms with Crippen molar-refractivity contribution in [1.29, 1.82) is 0 Å². The Labute approximate surface area is 100 Å².